The number of aromatic nitrogens is 1. The lowest BCUT2D eigenvalue weighted by atomic mass is 10.1. The van der Waals surface area contributed by atoms with Gasteiger partial charge >= 0.3 is 0 Å². The maximum Gasteiger partial charge on any atom is 0.242 e. The molecule has 0 radical (unpaired) electrons. The molecular formula is C18H20ClN3O2. The summed E-state index contributed by atoms with van der Waals surface area (Å²) in [6.45, 7) is 0.985. The van der Waals surface area contributed by atoms with Crippen LogP contribution in [0.15, 0.2) is 42.7 Å². The predicted molar refractivity (Wildman–Crippen MR) is 94.4 cm³/mol. The molecule has 1 N–H and O–H groups in total. The number of carbonyl (C=O) groups is 1. The number of pyridine rings is 1. The van der Waals surface area contributed by atoms with Gasteiger partial charge in [0.2, 0.25) is 5.91 Å². The zero-order chi connectivity index (χ0) is 16.9. The van der Waals surface area contributed by atoms with Crippen LogP contribution in [-0.2, 0) is 4.79 Å². The Kier molecular flexibility index (Phi) is 5.20. The minimum absolute atomic E-state index is 0.0661. The first-order chi connectivity index (χ1) is 11.7. The molecule has 0 bridgehead atoms. The molecule has 24 heavy (non-hydrogen) atoms. The van der Waals surface area contributed by atoms with Crippen molar-refractivity contribution in [2.24, 2.45) is 0 Å². The lowest BCUT2D eigenvalue weighted by molar-refractivity contribution is -0.130. The summed E-state index contributed by atoms with van der Waals surface area (Å²) < 4.78 is 5.30. The highest BCUT2D eigenvalue weighted by Gasteiger charge is 2.29. The quantitative estimate of drug-likeness (QED) is 0.900. The fourth-order valence-electron chi connectivity index (χ4n) is 3.09. The Morgan fingerprint density at radius 1 is 1.38 bits per heavy atom. The van der Waals surface area contributed by atoms with E-state index >= 15 is 0 Å². The van der Waals surface area contributed by atoms with Gasteiger partial charge in [0.1, 0.15) is 5.75 Å². The molecule has 1 atom stereocenters. The summed E-state index contributed by atoms with van der Waals surface area (Å²) in [5, 5.41) is 3.74. The van der Waals surface area contributed by atoms with Crippen LogP contribution >= 0.6 is 11.6 Å². The first-order valence-electron chi connectivity index (χ1n) is 7.96. The van der Waals surface area contributed by atoms with Gasteiger partial charge < -0.3 is 15.0 Å². The summed E-state index contributed by atoms with van der Waals surface area (Å²) in [5.74, 6) is 0.732. The fraction of sp³-hybridized carbons (Fsp3) is 0.333. The van der Waals surface area contributed by atoms with Gasteiger partial charge in [0, 0.05) is 24.0 Å². The van der Waals surface area contributed by atoms with Gasteiger partial charge in [-0.15, -0.1) is 0 Å². The second kappa shape index (κ2) is 7.53. The lowest BCUT2D eigenvalue weighted by Gasteiger charge is -2.25. The summed E-state index contributed by atoms with van der Waals surface area (Å²) in [4.78, 5) is 18.6. The van der Waals surface area contributed by atoms with Crippen LogP contribution in [0.1, 0.15) is 24.4 Å². The highest BCUT2D eigenvalue weighted by atomic mass is 35.5. The number of benzene rings is 1. The van der Waals surface area contributed by atoms with Gasteiger partial charge in [-0.2, -0.15) is 0 Å². The molecule has 0 aliphatic carbocycles. The van der Waals surface area contributed by atoms with Crippen molar-refractivity contribution in [1.82, 2.24) is 9.88 Å². The van der Waals surface area contributed by atoms with Gasteiger partial charge in [-0.05, 0) is 48.7 Å². The number of likely N-dealkylation sites (tertiary alicyclic amines) is 1. The molecule has 5 nitrogen and oxygen atoms in total. The molecule has 126 valence electrons. The Balaban J connectivity index is 1.68. The molecule has 1 aromatic carbocycles. The van der Waals surface area contributed by atoms with Crippen molar-refractivity contribution < 1.29 is 9.53 Å². The molecule has 1 aliphatic rings. The SMILES string of the molecule is COc1ccc(Cl)cc1NCC(=O)N1CCC[C@H]1c1ccncc1. The highest BCUT2D eigenvalue weighted by Crippen LogP contribution is 2.32. The molecule has 1 amide bonds. The standard InChI is InChI=1S/C18H20ClN3O2/c1-24-17-5-4-14(19)11-15(17)21-12-18(23)22-10-2-3-16(22)13-6-8-20-9-7-13/h4-9,11,16,21H,2-3,10,12H2,1H3/t16-/m0/s1. The van der Waals surface area contributed by atoms with E-state index in [0.29, 0.717) is 10.8 Å². The van der Waals surface area contributed by atoms with Gasteiger partial charge in [0.05, 0.1) is 25.4 Å². The third kappa shape index (κ3) is 3.62. The third-order valence-corrected chi connectivity index (χ3v) is 4.49. The summed E-state index contributed by atoms with van der Waals surface area (Å²) in [5.41, 5.74) is 1.86. The molecule has 1 aromatic heterocycles. The lowest BCUT2D eigenvalue weighted by Crippen LogP contribution is -2.35. The van der Waals surface area contributed by atoms with Crippen LogP contribution in [0.2, 0.25) is 5.02 Å². The number of nitrogens with one attached hydrogen (secondary N) is 1. The number of nitrogens with zero attached hydrogens (tertiary/aromatic N) is 2. The van der Waals surface area contributed by atoms with Gasteiger partial charge in [0.25, 0.3) is 0 Å². The van der Waals surface area contributed by atoms with E-state index in [1.54, 1.807) is 37.7 Å². The number of halogens is 1. The van der Waals surface area contributed by atoms with E-state index in [-0.39, 0.29) is 18.5 Å². The van der Waals surface area contributed by atoms with Gasteiger partial charge in [-0.3, -0.25) is 9.78 Å². The average Bonchev–Trinajstić information content (AvgIpc) is 3.10. The smallest absolute Gasteiger partial charge is 0.242 e. The van der Waals surface area contributed by atoms with Crippen LogP contribution in [0.4, 0.5) is 5.69 Å². The van der Waals surface area contributed by atoms with Crippen molar-refractivity contribution in [3.63, 3.8) is 0 Å². The van der Waals surface area contributed by atoms with E-state index in [1.807, 2.05) is 17.0 Å². The minimum atomic E-state index is 0.0661. The Hall–Kier alpha value is -2.27. The number of hydrogen-bond donors (Lipinski definition) is 1. The van der Waals surface area contributed by atoms with Gasteiger partial charge in [-0.25, -0.2) is 0 Å². The number of methoxy groups -OCH3 is 1. The normalized spacial score (nSPS) is 16.9. The molecule has 1 saturated heterocycles. The summed E-state index contributed by atoms with van der Waals surface area (Å²) in [6, 6.07) is 9.38. The maximum atomic E-state index is 12.7. The molecule has 3 rings (SSSR count). The third-order valence-electron chi connectivity index (χ3n) is 4.26. The Labute approximate surface area is 146 Å². The molecule has 1 aliphatic heterocycles. The molecule has 2 heterocycles. The van der Waals surface area contributed by atoms with Crippen molar-refractivity contribution >= 4 is 23.2 Å². The summed E-state index contributed by atoms with van der Waals surface area (Å²) in [6.07, 6.45) is 5.53. The number of amides is 1. The Morgan fingerprint density at radius 3 is 2.92 bits per heavy atom. The van der Waals surface area contributed by atoms with Crippen molar-refractivity contribution in [2.45, 2.75) is 18.9 Å². The van der Waals surface area contributed by atoms with Crippen LogP contribution < -0.4 is 10.1 Å². The average molecular weight is 346 g/mol. The highest BCUT2D eigenvalue weighted by molar-refractivity contribution is 6.30. The van der Waals surface area contributed by atoms with Crippen LogP contribution in [-0.4, -0.2) is 36.0 Å². The van der Waals surface area contributed by atoms with Crippen LogP contribution in [0.5, 0.6) is 5.75 Å². The molecule has 2 aromatic rings. The predicted octanol–water partition coefficient (Wildman–Crippen LogP) is 3.52. The van der Waals surface area contributed by atoms with E-state index in [9.17, 15) is 4.79 Å². The van der Waals surface area contributed by atoms with Gasteiger partial charge in [0.15, 0.2) is 0 Å². The number of ether oxygens (including phenoxy) is 1. The molecule has 1 fully saturated rings. The fourth-order valence-corrected chi connectivity index (χ4v) is 3.26. The molecule has 0 unspecified atom stereocenters. The molecule has 0 spiro atoms. The van der Waals surface area contributed by atoms with Crippen molar-refractivity contribution in [1.29, 1.82) is 0 Å². The van der Waals surface area contributed by atoms with Crippen LogP contribution in [0.25, 0.3) is 0 Å². The zero-order valence-electron chi connectivity index (χ0n) is 13.5. The number of anilines is 1. The van der Waals surface area contributed by atoms with E-state index < -0.39 is 0 Å². The van der Waals surface area contributed by atoms with Crippen molar-refractivity contribution in [2.75, 3.05) is 25.5 Å². The molecular weight excluding hydrogens is 326 g/mol. The summed E-state index contributed by atoms with van der Waals surface area (Å²) in [7, 11) is 1.59. The first kappa shape index (κ1) is 16.6. The van der Waals surface area contributed by atoms with E-state index in [0.717, 1.165) is 30.6 Å². The first-order valence-corrected chi connectivity index (χ1v) is 8.33. The molecule has 0 saturated carbocycles. The largest absolute Gasteiger partial charge is 0.495 e. The zero-order valence-corrected chi connectivity index (χ0v) is 14.3. The minimum Gasteiger partial charge on any atom is -0.495 e. The van der Waals surface area contributed by atoms with Crippen molar-refractivity contribution in [3.8, 4) is 5.75 Å². The Morgan fingerprint density at radius 2 is 2.17 bits per heavy atom. The maximum absolute atomic E-state index is 12.7. The van der Waals surface area contributed by atoms with E-state index in [2.05, 4.69) is 10.3 Å². The monoisotopic (exact) mass is 345 g/mol. The van der Waals surface area contributed by atoms with E-state index in [1.165, 1.54) is 0 Å². The number of rotatable bonds is 5. The van der Waals surface area contributed by atoms with Gasteiger partial charge in [-0.1, -0.05) is 11.6 Å². The van der Waals surface area contributed by atoms with Crippen LogP contribution in [0, 0.1) is 0 Å². The van der Waals surface area contributed by atoms with E-state index in [4.69, 9.17) is 16.3 Å². The second-order valence-corrected chi connectivity index (χ2v) is 6.16. The van der Waals surface area contributed by atoms with Crippen molar-refractivity contribution in [3.05, 3.63) is 53.3 Å². The summed E-state index contributed by atoms with van der Waals surface area (Å²) >= 11 is 6.02. The number of carbonyl (C=O) groups excluding carboxylic acids is 1. The topological polar surface area (TPSA) is 54.5 Å². The second-order valence-electron chi connectivity index (χ2n) is 5.72. The Bertz CT molecular complexity index is 709. The van der Waals surface area contributed by atoms with Crippen LogP contribution in [0.3, 0.4) is 0 Å². The molecule has 6 heteroatoms. The number of hydrogen-bond acceptors (Lipinski definition) is 4.